The van der Waals surface area contributed by atoms with Crippen LogP contribution in [-0.2, 0) is 6.42 Å². The number of carbonyl (C=O) groups is 1. The van der Waals surface area contributed by atoms with E-state index >= 15 is 0 Å². The third-order valence-corrected chi connectivity index (χ3v) is 2.28. The van der Waals surface area contributed by atoms with Gasteiger partial charge >= 0.3 is 0 Å². The van der Waals surface area contributed by atoms with Crippen LogP contribution in [0.15, 0.2) is 15.8 Å². The number of aryl methyl sites for hydroxylation is 1. The number of rotatable bonds is 7. The Labute approximate surface area is 99.0 Å². The summed E-state index contributed by atoms with van der Waals surface area (Å²) in [5.41, 5.74) is 16.5. The largest absolute Gasteiger partial charge is 0.370 e. The number of aliphatic imine (C=N–C) groups is 1. The van der Waals surface area contributed by atoms with E-state index < -0.39 is 5.91 Å². The maximum absolute atomic E-state index is 10.9. The van der Waals surface area contributed by atoms with E-state index in [-0.39, 0.29) is 11.7 Å². The molecule has 0 spiro atoms. The zero-order valence-electron chi connectivity index (χ0n) is 9.56. The monoisotopic (exact) mass is 239 g/mol. The Bertz CT molecular complexity index is 395. The first-order valence-electron chi connectivity index (χ1n) is 5.39. The van der Waals surface area contributed by atoms with E-state index in [0.717, 1.165) is 24.8 Å². The third-order valence-electron chi connectivity index (χ3n) is 2.28. The minimum absolute atomic E-state index is 0.111. The number of aromatic nitrogens is 1. The summed E-state index contributed by atoms with van der Waals surface area (Å²) >= 11 is 0. The quantitative estimate of drug-likeness (QED) is 0.343. The second-order valence-corrected chi connectivity index (χ2v) is 3.67. The van der Waals surface area contributed by atoms with E-state index in [0.29, 0.717) is 13.0 Å². The fourth-order valence-electron chi connectivity index (χ4n) is 1.45. The first-order chi connectivity index (χ1) is 8.11. The highest BCUT2D eigenvalue weighted by Crippen LogP contribution is 2.10. The summed E-state index contributed by atoms with van der Waals surface area (Å²) in [7, 11) is 0. The lowest BCUT2D eigenvalue weighted by atomic mass is 10.1. The fraction of sp³-hybridized carbons (Fsp3) is 0.500. The van der Waals surface area contributed by atoms with Gasteiger partial charge in [0.05, 0.1) is 0 Å². The highest BCUT2D eigenvalue weighted by Gasteiger charge is 2.12. The average Bonchev–Trinajstić information content (AvgIpc) is 2.71. The number of carbonyl (C=O) groups excluding carboxylic acids is 1. The number of primary amides is 1. The lowest BCUT2D eigenvalue weighted by molar-refractivity contribution is 0.0991. The molecule has 7 nitrogen and oxygen atoms in total. The van der Waals surface area contributed by atoms with Crippen LogP contribution < -0.4 is 17.2 Å². The van der Waals surface area contributed by atoms with Crippen molar-refractivity contribution in [1.29, 1.82) is 0 Å². The summed E-state index contributed by atoms with van der Waals surface area (Å²) < 4.78 is 4.71. The maximum atomic E-state index is 10.9. The molecule has 1 amide bonds. The van der Waals surface area contributed by atoms with Crippen molar-refractivity contribution in [2.24, 2.45) is 22.2 Å². The first kappa shape index (κ1) is 13.0. The van der Waals surface area contributed by atoms with Crippen LogP contribution in [0, 0.1) is 0 Å². The second kappa shape index (κ2) is 6.51. The van der Waals surface area contributed by atoms with Gasteiger partial charge in [0, 0.05) is 12.1 Å². The Morgan fingerprint density at radius 3 is 2.71 bits per heavy atom. The van der Waals surface area contributed by atoms with Crippen molar-refractivity contribution in [3.05, 3.63) is 17.5 Å². The summed E-state index contributed by atoms with van der Waals surface area (Å²) in [6.07, 6.45) is 4.93. The Morgan fingerprint density at radius 1 is 1.29 bits per heavy atom. The molecule has 94 valence electrons. The molecule has 6 N–H and O–H groups in total. The number of nitrogens with zero attached hydrogens (tertiary/aromatic N) is 2. The zero-order valence-corrected chi connectivity index (χ0v) is 9.56. The number of hydrogen-bond donors (Lipinski definition) is 3. The summed E-state index contributed by atoms with van der Waals surface area (Å²) in [6, 6.07) is 0. The zero-order chi connectivity index (χ0) is 12.7. The minimum Gasteiger partial charge on any atom is -0.370 e. The van der Waals surface area contributed by atoms with Crippen molar-refractivity contribution < 1.29 is 9.32 Å². The van der Waals surface area contributed by atoms with Crippen LogP contribution in [0.1, 0.15) is 35.3 Å². The second-order valence-electron chi connectivity index (χ2n) is 3.67. The van der Waals surface area contributed by atoms with E-state index in [4.69, 9.17) is 21.7 Å². The number of nitrogens with two attached hydrogens (primary N) is 3. The number of amides is 1. The van der Waals surface area contributed by atoms with Crippen LogP contribution in [-0.4, -0.2) is 23.6 Å². The molecular weight excluding hydrogens is 222 g/mol. The van der Waals surface area contributed by atoms with Crippen molar-refractivity contribution in [3.63, 3.8) is 0 Å². The summed E-state index contributed by atoms with van der Waals surface area (Å²) in [4.78, 5) is 14.8. The topological polar surface area (TPSA) is 134 Å². The van der Waals surface area contributed by atoms with Crippen molar-refractivity contribution in [2.75, 3.05) is 6.54 Å². The molecule has 1 rings (SSSR count). The molecule has 0 saturated carbocycles. The summed E-state index contributed by atoms with van der Waals surface area (Å²) in [5.74, 6) is -0.450. The molecule has 0 bridgehead atoms. The molecule has 0 radical (unpaired) electrons. The van der Waals surface area contributed by atoms with E-state index in [1.807, 2.05) is 0 Å². The smallest absolute Gasteiger partial charge is 0.271 e. The van der Waals surface area contributed by atoms with Crippen LogP contribution in [0.4, 0.5) is 0 Å². The van der Waals surface area contributed by atoms with Gasteiger partial charge < -0.3 is 21.7 Å². The van der Waals surface area contributed by atoms with Gasteiger partial charge in [-0.25, -0.2) is 0 Å². The van der Waals surface area contributed by atoms with Crippen LogP contribution >= 0.6 is 0 Å². The van der Waals surface area contributed by atoms with Crippen LogP contribution in [0.2, 0.25) is 0 Å². The highest BCUT2D eigenvalue weighted by molar-refractivity contribution is 5.91. The first-order valence-corrected chi connectivity index (χ1v) is 5.39. The lowest BCUT2D eigenvalue weighted by Crippen LogP contribution is -2.22. The summed E-state index contributed by atoms with van der Waals surface area (Å²) in [5, 5.41) is 3.55. The fourth-order valence-corrected chi connectivity index (χ4v) is 1.45. The lowest BCUT2D eigenvalue weighted by Gasteiger charge is -1.98. The molecular formula is C10H17N5O2. The molecule has 1 aromatic heterocycles. The van der Waals surface area contributed by atoms with Crippen LogP contribution in [0.25, 0.3) is 0 Å². The van der Waals surface area contributed by atoms with E-state index in [9.17, 15) is 4.79 Å². The van der Waals surface area contributed by atoms with Gasteiger partial charge in [-0.2, -0.15) is 0 Å². The van der Waals surface area contributed by atoms with Gasteiger partial charge in [0.2, 0.25) is 0 Å². The van der Waals surface area contributed by atoms with Crippen LogP contribution in [0.5, 0.6) is 0 Å². The minimum atomic E-state index is -0.561. The molecule has 0 unspecified atom stereocenters. The molecule has 1 aromatic rings. The van der Waals surface area contributed by atoms with Crippen molar-refractivity contribution in [1.82, 2.24) is 5.16 Å². The number of unbranched alkanes of at least 4 members (excludes halogenated alkanes) is 2. The van der Waals surface area contributed by atoms with Crippen molar-refractivity contribution >= 4 is 11.9 Å². The van der Waals surface area contributed by atoms with E-state index in [1.165, 1.54) is 6.26 Å². The summed E-state index contributed by atoms with van der Waals surface area (Å²) in [6.45, 7) is 0.620. The molecule has 7 heteroatoms. The third kappa shape index (κ3) is 4.54. The van der Waals surface area contributed by atoms with Crippen molar-refractivity contribution in [2.45, 2.75) is 25.7 Å². The van der Waals surface area contributed by atoms with E-state index in [1.54, 1.807) is 0 Å². The Hall–Kier alpha value is -2.05. The molecule has 0 aliphatic heterocycles. The normalized spacial score (nSPS) is 10.1. The van der Waals surface area contributed by atoms with Gasteiger partial charge in [-0.15, -0.1) is 0 Å². The number of guanidine groups is 1. The molecule has 1 heterocycles. The predicted octanol–water partition coefficient (Wildman–Crippen LogP) is -0.240. The predicted molar refractivity (Wildman–Crippen MR) is 63.3 cm³/mol. The van der Waals surface area contributed by atoms with Gasteiger partial charge in [0.15, 0.2) is 11.7 Å². The Morgan fingerprint density at radius 2 is 2.06 bits per heavy atom. The molecule has 0 fully saturated rings. The van der Waals surface area contributed by atoms with Crippen LogP contribution in [0.3, 0.4) is 0 Å². The average molecular weight is 239 g/mol. The highest BCUT2D eigenvalue weighted by atomic mass is 16.5. The standard InChI is InChI=1S/C10H17N5O2/c11-9(16)8-7(6-17-15-8)4-2-1-3-5-14-10(12)13/h6H,1-5H2,(H2,11,16)(H4,12,13,14). The SMILES string of the molecule is NC(=O)c1nocc1CCCCCN=C(N)N. The molecule has 0 aromatic carbocycles. The maximum Gasteiger partial charge on any atom is 0.271 e. The molecule has 0 aliphatic carbocycles. The molecule has 0 atom stereocenters. The van der Waals surface area contributed by atoms with Gasteiger partial charge in [-0.1, -0.05) is 11.6 Å². The van der Waals surface area contributed by atoms with Gasteiger partial charge in [-0.3, -0.25) is 9.79 Å². The van der Waals surface area contributed by atoms with Gasteiger partial charge in [0.1, 0.15) is 6.26 Å². The Kier molecular flexibility index (Phi) is 4.99. The van der Waals surface area contributed by atoms with Crippen molar-refractivity contribution in [3.8, 4) is 0 Å². The Balaban J connectivity index is 2.24. The molecule has 0 aliphatic rings. The molecule has 17 heavy (non-hydrogen) atoms. The number of hydrogen-bond acceptors (Lipinski definition) is 4. The van der Waals surface area contributed by atoms with E-state index in [2.05, 4.69) is 10.1 Å². The molecule has 0 saturated heterocycles. The van der Waals surface area contributed by atoms with Gasteiger partial charge in [-0.05, 0) is 19.3 Å². The van der Waals surface area contributed by atoms with Gasteiger partial charge in [0.25, 0.3) is 5.91 Å².